The van der Waals surface area contributed by atoms with E-state index >= 15 is 0 Å². The van der Waals surface area contributed by atoms with Crippen LogP contribution < -0.4 is 10.1 Å². The van der Waals surface area contributed by atoms with Crippen LogP contribution in [0.3, 0.4) is 0 Å². The van der Waals surface area contributed by atoms with Crippen LogP contribution in [0, 0.1) is 0 Å². The molecule has 0 atom stereocenters. The van der Waals surface area contributed by atoms with Gasteiger partial charge in [-0.15, -0.1) is 0 Å². The lowest BCUT2D eigenvalue weighted by Gasteiger charge is -2.35. The molecule has 0 bridgehead atoms. The lowest BCUT2D eigenvalue weighted by molar-refractivity contribution is -0.132. The third-order valence-corrected chi connectivity index (χ3v) is 5.59. The molecule has 0 aliphatic carbocycles. The summed E-state index contributed by atoms with van der Waals surface area (Å²) in [5, 5.41) is 2.85. The summed E-state index contributed by atoms with van der Waals surface area (Å²) in [7, 11) is 1.76. The molecule has 7 nitrogen and oxygen atoms in total. The van der Waals surface area contributed by atoms with Crippen molar-refractivity contribution in [1.29, 1.82) is 0 Å². The lowest BCUT2D eigenvalue weighted by atomic mass is 10.2. The molecule has 1 heterocycles. The van der Waals surface area contributed by atoms with Crippen molar-refractivity contribution < 1.29 is 14.3 Å². The summed E-state index contributed by atoms with van der Waals surface area (Å²) in [5.74, 6) is 0.988. The fraction of sp³-hybridized carbons (Fsp3) is 0.440. The molecule has 0 radical (unpaired) electrons. The number of benzene rings is 2. The van der Waals surface area contributed by atoms with E-state index in [2.05, 4.69) is 22.3 Å². The molecule has 1 aliphatic heterocycles. The number of nitrogens with zero attached hydrogens (tertiary/aromatic N) is 3. The minimum atomic E-state index is -0.165. The van der Waals surface area contributed by atoms with Crippen LogP contribution in [-0.2, 0) is 17.9 Å². The number of urea groups is 1. The van der Waals surface area contributed by atoms with E-state index in [0.717, 1.165) is 44.0 Å². The van der Waals surface area contributed by atoms with Crippen molar-refractivity contribution >= 4 is 11.9 Å². The van der Waals surface area contributed by atoms with Crippen molar-refractivity contribution in [2.45, 2.75) is 26.4 Å². The minimum absolute atomic E-state index is 0.0942. The summed E-state index contributed by atoms with van der Waals surface area (Å²) < 4.78 is 5.49. The van der Waals surface area contributed by atoms with E-state index < -0.39 is 0 Å². The number of carbonyl (C=O) groups is 2. The van der Waals surface area contributed by atoms with Crippen LogP contribution in [0.25, 0.3) is 0 Å². The van der Waals surface area contributed by atoms with Gasteiger partial charge in [0.1, 0.15) is 5.75 Å². The van der Waals surface area contributed by atoms with Crippen molar-refractivity contribution in [2.75, 3.05) is 46.4 Å². The lowest BCUT2D eigenvalue weighted by Crippen LogP contribution is -2.49. The van der Waals surface area contributed by atoms with Gasteiger partial charge in [0.05, 0.1) is 6.61 Å². The number of piperazine rings is 1. The molecule has 0 unspecified atom stereocenters. The van der Waals surface area contributed by atoms with Crippen molar-refractivity contribution in [3.05, 3.63) is 65.7 Å². The number of hydrogen-bond donors (Lipinski definition) is 1. The fourth-order valence-corrected chi connectivity index (χ4v) is 3.77. The standard InChI is InChI=1S/C25H34N4O3/c1-3-32-23-11-9-22(10-12-23)20-28-15-17-29(18-16-28)24(30)13-14-26-25(31)27(2)19-21-7-5-4-6-8-21/h4-12H,3,13-20H2,1-2H3,(H,26,31). The van der Waals surface area contributed by atoms with Crippen molar-refractivity contribution in [2.24, 2.45) is 0 Å². The molecule has 1 aliphatic rings. The Morgan fingerprint density at radius 2 is 1.66 bits per heavy atom. The molecule has 7 heteroatoms. The van der Waals surface area contributed by atoms with E-state index in [1.807, 2.05) is 54.3 Å². The van der Waals surface area contributed by atoms with Crippen molar-refractivity contribution in [3.63, 3.8) is 0 Å². The van der Waals surface area contributed by atoms with Gasteiger partial charge in [-0.05, 0) is 30.2 Å². The molecule has 2 aromatic rings. The summed E-state index contributed by atoms with van der Waals surface area (Å²) in [6, 6.07) is 17.9. The summed E-state index contributed by atoms with van der Waals surface area (Å²) in [4.78, 5) is 30.7. The molecular formula is C25H34N4O3. The highest BCUT2D eigenvalue weighted by Gasteiger charge is 2.21. The third-order valence-electron chi connectivity index (χ3n) is 5.59. The number of carbonyl (C=O) groups excluding carboxylic acids is 2. The zero-order chi connectivity index (χ0) is 22.8. The van der Waals surface area contributed by atoms with Crippen LogP contribution in [-0.4, -0.2) is 73.0 Å². The Bertz CT molecular complexity index is 849. The molecule has 1 fully saturated rings. The first-order chi connectivity index (χ1) is 15.5. The Kier molecular flexibility index (Phi) is 8.92. The summed E-state index contributed by atoms with van der Waals surface area (Å²) in [6.45, 7) is 7.56. The quantitative estimate of drug-likeness (QED) is 0.654. The molecule has 3 amide bonds. The topological polar surface area (TPSA) is 65.1 Å². The Labute approximate surface area is 190 Å². The zero-order valence-corrected chi connectivity index (χ0v) is 19.1. The third kappa shape index (κ3) is 7.27. The predicted octanol–water partition coefficient (Wildman–Crippen LogP) is 2.96. The molecule has 1 saturated heterocycles. The number of amides is 3. The van der Waals surface area contributed by atoms with Gasteiger partial charge >= 0.3 is 6.03 Å². The van der Waals surface area contributed by atoms with Crippen LogP contribution in [0.4, 0.5) is 4.79 Å². The Morgan fingerprint density at radius 3 is 2.31 bits per heavy atom. The molecule has 0 aromatic heterocycles. The monoisotopic (exact) mass is 438 g/mol. The van der Waals surface area contributed by atoms with Gasteiger partial charge in [0.25, 0.3) is 0 Å². The molecular weight excluding hydrogens is 404 g/mol. The van der Waals surface area contributed by atoms with Gasteiger partial charge in [-0.1, -0.05) is 42.5 Å². The smallest absolute Gasteiger partial charge is 0.317 e. The second-order valence-corrected chi connectivity index (χ2v) is 8.06. The van der Waals surface area contributed by atoms with Crippen LogP contribution in [0.2, 0.25) is 0 Å². The maximum absolute atomic E-state index is 12.5. The maximum atomic E-state index is 12.5. The molecule has 1 N–H and O–H groups in total. The number of hydrogen-bond acceptors (Lipinski definition) is 4. The molecule has 0 spiro atoms. The Balaban J connectivity index is 1.33. The largest absolute Gasteiger partial charge is 0.494 e. The number of rotatable bonds is 9. The van der Waals surface area contributed by atoms with Crippen LogP contribution in [0.15, 0.2) is 54.6 Å². The first kappa shape index (κ1) is 23.6. The average molecular weight is 439 g/mol. The van der Waals surface area contributed by atoms with Crippen molar-refractivity contribution in [1.82, 2.24) is 20.0 Å². The van der Waals surface area contributed by atoms with Crippen LogP contribution in [0.1, 0.15) is 24.5 Å². The Hall–Kier alpha value is -3.06. The predicted molar refractivity (Wildman–Crippen MR) is 125 cm³/mol. The van der Waals surface area contributed by atoms with Gasteiger partial charge in [0.2, 0.25) is 5.91 Å². The molecule has 3 rings (SSSR count). The van der Waals surface area contributed by atoms with E-state index in [0.29, 0.717) is 26.1 Å². The second-order valence-electron chi connectivity index (χ2n) is 8.06. The van der Waals surface area contributed by atoms with Gasteiger partial charge in [-0.3, -0.25) is 9.69 Å². The normalized spacial score (nSPS) is 14.1. The second kappa shape index (κ2) is 12.1. The summed E-state index contributed by atoms with van der Waals surface area (Å²) >= 11 is 0. The average Bonchev–Trinajstić information content (AvgIpc) is 2.81. The highest BCUT2D eigenvalue weighted by atomic mass is 16.5. The fourth-order valence-electron chi connectivity index (χ4n) is 3.77. The molecule has 2 aromatic carbocycles. The molecule has 32 heavy (non-hydrogen) atoms. The Morgan fingerprint density at radius 1 is 0.969 bits per heavy atom. The SMILES string of the molecule is CCOc1ccc(CN2CCN(C(=O)CCNC(=O)N(C)Cc3ccccc3)CC2)cc1. The summed E-state index contributed by atoms with van der Waals surface area (Å²) in [6.07, 6.45) is 0.323. The van der Waals surface area contributed by atoms with E-state index in [4.69, 9.17) is 4.74 Å². The van der Waals surface area contributed by atoms with E-state index in [1.165, 1.54) is 5.56 Å². The number of ether oxygens (including phenoxy) is 1. The number of nitrogens with one attached hydrogen (secondary N) is 1. The van der Waals surface area contributed by atoms with E-state index in [9.17, 15) is 9.59 Å². The van der Waals surface area contributed by atoms with E-state index in [-0.39, 0.29) is 11.9 Å². The molecule has 172 valence electrons. The first-order valence-corrected chi connectivity index (χ1v) is 11.3. The first-order valence-electron chi connectivity index (χ1n) is 11.3. The van der Waals surface area contributed by atoms with E-state index in [1.54, 1.807) is 11.9 Å². The minimum Gasteiger partial charge on any atom is -0.494 e. The summed E-state index contributed by atoms with van der Waals surface area (Å²) in [5.41, 5.74) is 2.32. The van der Waals surface area contributed by atoms with Gasteiger partial charge in [0, 0.05) is 59.3 Å². The van der Waals surface area contributed by atoms with Gasteiger partial charge in [-0.25, -0.2) is 4.79 Å². The van der Waals surface area contributed by atoms with Crippen LogP contribution >= 0.6 is 0 Å². The highest BCUT2D eigenvalue weighted by Crippen LogP contribution is 2.15. The molecule has 0 saturated carbocycles. The maximum Gasteiger partial charge on any atom is 0.317 e. The van der Waals surface area contributed by atoms with Gasteiger partial charge < -0.3 is 19.9 Å². The highest BCUT2D eigenvalue weighted by molar-refractivity contribution is 5.78. The van der Waals surface area contributed by atoms with Gasteiger partial charge in [-0.2, -0.15) is 0 Å². The van der Waals surface area contributed by atoms with Crippen LogP contribution in [0.5, 0.6) is 5.75 Å². The van der Waals surface area contributed by atoms with Crippen molar-refractivity contribution in [3.8, 4) is 5.75 Å². The zero-order valence-electron chi connectivity index (χ0n) is 19.1. The van der Waals surface area contributed by atoms with Gasteiger partial charge in [0.15, 0.2) is 0 Å².